The molecule has 1 aliphatic heterocycles. The van der Waals surface area contributed by atoms with Gasteiger partial charge in [0.1, 0.15) is 22.6 Å². The fourth-order valence-corrected chi connectivity index (χ4v) is 2.74. The van der Waals surface area contributed by atoms with Crippen molar-refractivity contribution in [2.75, 3.05) is 0 Å². The van der Waals surface area contributed by atoms with Crippen LogP contribution in [0.2, 0.25) is 0 Å². The van der Waals surface area contributed by atoms with E-state index < -0.39 is 16.1 Å². The molecule has 1 aromatic carbocycles. The van der Waals surface area contributed by atoms with E-state index in [0.717, 1.165) is 11.4 Å². The van der Waals surface area contributed by atoms with Gasteiger partial charge in [-0.3, -0.25) is 10.1 Å². The largest absolute Gasteiger partial charge is 0.357 e. The van der Waals surface area contributed by atoms with Crippen LogP contribution in [0.25, 0.3) is 11.4 Å². The highest BCUT2D eigenvalue weighted by Gasteiger charge is 2.46. The van der Waals surface area contributed by atoms with Crippen LogP contribution in [0.15, 0.2) is 24.3 Å². The molecule has 2 heterocycles. The number of rotatable bonds is 2. The van der Waals surface area contributed by atoms with Gasteiger partial charge < -0.3 is 4.74 Å². The van der Waals surface area contributed by atoms with E-state index in [0.29, 0.717) is 11.4 Å². The summed E-state index contributed by atoms with van der Waals surface area (Å²) in [5, 5.41) is 19.1. The Kier molecular flexibility index (Phi) is 3.00. The third-order valence-electron chi connectivity index (χ3n) is 3.67. The summed E-state index contributed by atoms with van der Waals surface area (Å²) in [6.45, 7) is 7.74. The summed E-state index contributed by atoms with van der Waals surface area (Å²) < 4.78 is 5.99. The lowest BCUT2D eigenvalue weighted by atomic mass is 10.0. The van der Waals surface area contributed by atoms with Crippen molar-refractivity contribution in [3.05, 3.63) is 45.8 Å². The molecule has 3 rings (SSSR count). The van der Waals surface area contributed by atoms with Crippen molar-refractivity contribution in [2.45, 2.75) is 38.9 Å². The van der Waals surface area contributed by atoms with Crippen LogP contribution in [0, 0.1) is 10.1 Å². The van der Waals surface area contributed by atoms with Gasteiger partial charge >= 0.3 is 0 Å². The van der Waals surface area contributed by atoms with E-state index in [1.807, 2.05) is 27.7 Å². The van der Waals surface area contributed by atoms with Crippen molar-refractivity contribution in [3.63, 3.8) is 0 Å². The highest BCUT2D eigenvalue weighted by Crippen LogP contribution is 2.44. The molecule has 1 aromatic heterocycles. The zero-order valence-corrected chi connectivity index (χ0v) is 12.8. The number of fused-ring (bicyclic) bond motifs is 1. The lowest BCUT2D eigenvalue weighted by Gasteiger charge is -2.23. The van der Waals surface area contributed by atoms with Gasteiger partial charge in [-0.05, 0) is 39.8 Å². The van der Waals surface area contributed by atoms with E-state index in [4.69, 9.17) is 4.74 Å². The van der Waals surface area contributed by atoms with Crippen molar-refractivity contribution in [2.24, 2.45) is 0 Å². The van der Waals surface area contributed by atoms with Crippen molar-refractivity contribution in [1.29, 1.82) is 0 Å². The molecule has 0 bridgehead atoms. The molecule has 7 heteroatoms. The van der Waals surface area contributed by atoms with Gasteiger partial charge in [-0.15, -0.1) is 10.2 Å². The first kappa shape index (κ1) is 14.5. The van der Waals surface area contributed by atoms with Gasteiger partial charge in [-0.1, -0.05) is 0 Å². The van der Waals surface area contributed by atoms with E-state index in [1.165, 1.54) is 12.1 Å². The molecule has 114 valence electrons. The number of hydrogen-bond acceptors (Lipinski definition) is 6. The molecule has 0 saturated carbocycles. The lowest BCUT2D eigenvalue weighted by molar-refractivity contribution is -0.384. The second-order valence-corrected chi connectivity index (χ2v) is 6.26. The molecular formula is C15H16N4O3. The molecule has 0 spiro atoms. The van der Waals surface area contributed by atoms with Crippen LogP contribution in [-0.4, -0.2) is 20.1 Å². The van der Waals surface area contributed by atoms with Gasteiger partial charge in [0.05, 0.1) is 4.92 Å². The van der Waals surface area contributed by atoms with Crippen LogP contribution in [0.4, 0.5) is 5.69 Å². The van der Waals surface area contributed by atoms with Gasteiger partial charge in [0.25, 0.3) is 5.69 Å². The number of aromatic nitrogens is 3. The van der Waals surface area contributed by atoms with E-state index >= 15 is 0 Å². The summed E-state index contributed by atoms with van der Waals surface area (Å²) in [6.07, 6.45) is 0. The lowest BCUT2D eigenvalue weighted by Crippen LogP contribution is -2.23. The third kappa shape index (κ3) is 2.23. The molecule has 0 aliphatic carbocycles. The topological polar surface area (TPSA) is 91.0 Å². The van der Waals surface area contributed by atoms with Crippen molar-refractivity contribution >= 4 is 5.69 Å². The summed E-state index contributed by atoms with van der Waals surface area (Å²) >= 11 is 0. The molecule has 7 nitrogen and oxygen atoms in total. The molecule has 0 saturated heterocycles. The fourth-order valence-electron chi connectivity index (χ4n) is 2.74. The van der Waals surface area contributed by atoms with Gasteiger partial charge in [0.2, 0.25) is 0 Å². The second-order valence-electron chi connectivity index (χ2n) is 6.26. The standard InChI is InChI=1S/C15H16N4O3/c1-14(2)11-12(15(3,4)22-14)17-18-13(16-11)9-5-7-10(8-6-9)19(20)21/h5-8H,1-4H3. The fraction of sp³-hybridized carbons (Fsp3) is 0.400. The monoisotopic (exact) mass is 300 g/mol. The summed E-state index contributed by atoms with van der Waals surface area (Å²) in [5.41, 5.74) is 1.10. The van der Waals surface area contributed by atoms with Crippen molar-refractivity contribution < 1.29 is 9.66 Å². The predicted molar refractivity (Wildman–Crippen MR) is 79.1 cm³/mol. The minimum absolute atomic E-state index is 0.0302. The van der Waals surface area contributed by atoms with Crippen LogP contribution in [-0.2, 0) is 15.9 Å². The predicted octanol–water partition coefficient (Wildman–Crippen LogP) is 2.95. The summed E-state index contributed by atoms with van der Waals surface area (Å²) in [6, 6.07) is 6.10. The Balaban J connectivity index is 2.06. The van der Waals surface area contributed by atoms with Crippen LogP contribution < -0.4 is 0 Å². The maximum absolute atomic E-state index is 10.7. The minimum Gasteiger partial charge on any atom is -0.357 e. The van der Waals surface area contributed by atoms with Crippen LogP contribution in [0.1, 0.15) is 39.1 Å². The molecule has 0 radical (unpaired) electrons. The molecular weight excluding hydrogens is 284 g/mol. The maximum Gasteiger partial charge on any atom is 0.269 e. The smallest absolute Gasteiger partial charge is 0.269 e. The van der Waals surface area contributed by atoms with Gasteiger partial charge in [-0.25, -0.2) is 4.98 Å². The summed E-state index contributed by atoms with van der Waals surface area (Å²) in [5.74, 6) is 0.433. The molecule has 0 N–H and O–H groups in total. The highest BCUT2D eigenvalue weighted by atomic mass is 16.6. The molecule has 22 heavy (non-hydrogen) atoms. The second kappa shape index (κ2) is 4.54. The average Bonchev–Trinajstić information content (AvgIpc) is 2.64. The van der Waals surface area contributed by atoms with Crippen molar-refractivity contribution in [1.82, 2.24) is 15.2 Å². The quantitative estimate of drug-likeness (QED) is 0.625. The Morgan fingerprint density at radius 3 is 2.18 bits per heavy atom. The van der Waals surface area contributed by atoms with Crippen LogP contribution >= 0.6 is 0 Å². The first-order valence-corrected chi connectivity index (χ1v) is 6.91. The Labute approximate surface area is 127 Å². The first-order valence-electron chi connectivity index (χ1n) is 6.91. The number of hydrogen-bond donors (Lipinski definition) is 0. The molecule has 0 unspecified atom stereocenters. The number of ether oxygens (including phenoxy) is 1. The first-order chi connectivity index (χ1) is 10.2. The number of benzene rings is 1. The minimum atomic E-state index is -0.551. The Morgan fingerprint density at radius 1 is 1.00 bits per heavy atom. The van der Waals surface area contributed by atoms with Gasteiger partial charge in [0.15, 0.2) is 5.82 Å². The molecule has 0 amide bonds. The van der Waals surface area contributed by atoms with Crippen molar-refractivity contribution in [3.8, 4) is 11.4 Å². The summed E-state index contributed by atoms with van der Waals surface area (Å²) in [7, 11) is 0. The van der Waals surface area contributed by atoms with E-state index in [-0.39, 0.29) is 5.69 Å². The molecule has 2 aromatic rings. The molecule has 1 aliphatic rings. The highest BCUT2D eigenvalue weighted by molar-refractivity contribution is 5.57. The van der Waals surface area contributed by atoms with Gasteiger partial charge in [-0.2, -0.15) is 0 Å². The molecule has 0 fully saturated rings. The molecule has 0 atom stereocenters. The number of nitrogens with zero attached hydrogens (tertiary/aromatic N) is 4. The maximum atomic E-state index is 10.7. The average molecular weight is 300 g/mol. The number of nitro groups is 1. The number of non-ortho nitro benzene ring substituents is 1. The normalized spacial score (nSPS) is 18.0. The zero-order chi connectivity index (χ0) is 16.1. The van der Waals surface area contributed by atoms with Crippen LogP contribution in [0.3, 0.4) is 0 Å². The van der Waals surface area contributed by atoms with E-state index in [9.17, 15) is 10.1 Å². The Hall–Kier alpha value is -2.41. The Morgan fingerprint density at radius 2 is 1.59 bits per heavy atom. The summed E-state index contributed by atoms with van der Waals surface area (Å²) in [4.78, 5) is 14.8. The third-order valence-corrected chi connectivity index (χ3v) is 3.67. The zero-order valence-electron chi connectivity index (χ0n) is 12.8. The van der Waals surface area contributed by atoms with E-state index in [2.05, 4.69) is 15.2 Å². The number of nitro benzene ring substituents is 1. The Bertz CT molecular complexity index is 754. The van der Waals surface area contributed by atoms with Gasteiger partial charge in [0, 0.05) is 17.7 Å². The van der Waals surface area contributed by atoms with Crippen LogP contribution in [0.5, 0.6) is 0 Å². The SMILES string of the molecule is CC1(C)OC(C)(C)c2nc(-c3ccc([N+](=O)[O-])cc3)nnc21. The van der Waals surface area contributed by atoms with E-state index in [1.54, 1.807) is 12.1 Å².